The first-order valence-corrected chi connectivity index (χ1v) is 8.77. The summed E-state index contributed by atoms with van der Waals surface area (Å²) in [5.41, 5.74) is 2.72. The van der Waals surface area contributed by atoms with Crippen LogP contribution in [0, 0.1) is 12.8 Å². The Kier molecular flexibility index (Phi) is 17.0. The van der Waals surface area contributed by atoms with Gasteiger partial charge in [-0.05, 0) is 49.6 Å². The number of rotatable bonds is 4. The fourth-order valence-electron chi connectivity index (χ4n) is 1.89. The first-order valence-electron chi connectivity index (χ1n) is 8.39. The van der Waals surface area contributed by atoms with E-state index in [-0.39, 0.29) is 11.8 Å². The maximum Gasteiger partial charge on any atom is 0.250 e. The monoisotopic (exact) mass is 401 g/mol. The number of para-hydroxylation sites is 1. The van der Waals surface area contributed by atoms with E-state index in [9.17, 15) is 4.79 Å². The van der Waals surface area contributed by atoms with Crippen molar-refractivity contribution < 1.29 is 14.4 Å². The highest BCUT2D eigenvalue weighted by atomic mass is 35.5. The van der Waals surface area contributed by atoms with Gasteiger partial charge in [0.05, 0.1) is 0 Å². The molecule has 0 saturated heterocycles. The minimum absolute atomic E-state index is 0.0695. The molecule has 1 amide bonds. The second-order valence-electron chi connectivity index (χ2n) is 5.56. The number of anilines is 1. The Morgan fingerprint density at radius 2 is 1.61 bits per heavy atom. The largest absolute Gasteiger partial charge is 0.322 e. The Morgan fingerprint density at radius 1 is 1.04 bits per heavy atom. The van der Waals surface area contributed by atoms with Gasteiger partial charge in [0.2, 0.25) is 0 Å². The van der Waals surface area contributed by atoms with Gasteiger partial charge in [-0.1, -0.05) is 61.0 Å². The summed E-state index contributed by atoms with van der Waals surface area (Å²) < 4.78 is 0. The van der Waals surface area contributed by atoms with Crippen molar-refractivity contribution in [3.05, 3.63) is 89.5 Å². The zero-order chi connectivity index (χ0) is 21.9. The van der Waals surface area contributed by atoms with E-state index in [4.69, 9.17) is 21.2 Å². The maximum atomic E-state index is 11.8. The van der Waals surface area contributed by atoms with Crippen LogP contribution in [0.25, 0.3) is 0 Å². The van der Waals surface area contributed by atoms with E-state index >= 15 is 0 Å². The number of allylic oxidation sites excluding steroid dienone is 2. The minimum Gasteiger partial charge on any atom is -0.322 e. The van der Waals surface area contributed by atoms with Crippen molar-refractivity contribution >= 4 is 36.8 Å². The van der Waals surface area contributed by atoms with E-state index in [1.165, 1.54) is 5.56 Å². The highest BCUT2D eigenvalue weighted by molar-refractivity contribution is 6.30. The van der Waals surface area contributed by atoms with Gasteiger partial charge >= 0.3 is 0 Å². The fourth-order valence-corrected chi connectivity index (χ4v) is 2.14. The summed E-state index contributed by atoms with van der Waals surface area (Å²) in [5, 5.41) is 3.64. The molecule has 0 aliphatic rings. The molecule has 0 bridgehead atoms. The topological polar surface area (TPSA) is 63.2 Å². The molecule has 1 unspecified atom stereocenters. The number of amides is 1. The number of nitrogens with one attached hydrogen (secondary N) is 1. The number of aryl methyl sites for hydroxylation is 1. The van der Waals surface area contributed by atoms with Crippen molar-refractivity contribution in [3.63, 3.8) is 0 Å². The molecule has 0 heterocycles. The van der Waals surface area contributed by atoms with Crippen LogP contribution >= 0.6 is 11.6 Å². The zero-order valence-electron chi connectivity index (χ0n) is 16.7. The molecule has 2 aromatic carbocycles. The van der Waals surface area contributed by atoms with Crippen molar-refractivity contribution in [2.75, 3.05) is 5.32 Å². The lowest BCUT2D eigenvalue weighted by molar-refractivity contribution is -0.112. The fraction of sp³-hybridized carbons (Fsp3) is 0.174. The molecule has 4 nitrogen and oxygen atoms in total. The Morgan fingerprint density at radius 3 is 2.04 bits per heavy atom. The van der Waals surface area contributed by atoms with E-state index < -0.39 is 0 Å². The van der Waals surface area contributed by atoms with Crippen LogP contribution in [0.5, 0.6) is 0 Å². The molecule has 0 radical (unpaired) electrons. The Hall–Kier alpha value is -2.98. The third-order valence-corrected chi connectivity index (χ3v) is 3.49. The molecular weight excluding hydrogens is 374 g/mol. The van der Waals surface area contributed by atoms with Crippen LogP contribution in [0.1, 0.15) is 19.4 Å². The van der Waals surface area contributed by atoms with Crippen molar-refractivity contribution in [1.82, 2.24) is 0 Å². The number of hydrogen-bond donors (Lipinski definition) is 1. The third-order valence-electron chi connectivity index (χ3n) is 3.25. The molecule has 28 heavy (non-hydrogen) atoms. The normalized spacial score (nSPS) is 10.4. The average molecular weight is 402 g/mol. The molecule has 0 spiro atoms. The number of benzene rings is 2. The minimum atomic E-state index is -0.0695. The summed E-state index contributed by atoms with van der Waals surface area (Å²) in [7, 11) is 0. The number of halogens is 1. The predicted octanol–water partition coefficient (Wildman–Crippen LogP) is 5.67. The van der Waals surface area contributed by atoms with E-state index in [0.717, 1.165) is 10.7 Å². The van der Waals surface area contributed by atoms with Crippen LogP contribution in [0.15, 0.2) is 78.9 Å². The van der Waals surface area contributed by atoms with Gasteiger partial charge in [0.15, 0.2) is 0 Å². The summed E-state index contributed by atoms with van der Waals surface area (Å²) in [6.07, 6.45) is 3.70. The Balaban J connectivity index is 0. The molecule has 0 aliphatic carbocycles. The maximum absolute atomic E-state index is 11.8. The molecule has 0 saturated carbocycles. The molecule has 0 fully saturated rings. The van der Waals surface area contributed by atoms with Gasteiger partial charge in [-0.15, -0.1) is 6.58 Å². The van der Waals surface area contributed by atoms with Gasteiger partial charge in [-0.25, -0.2) is 0 Å². The van der Waals surface area contributed by atoms with Crippen LogP contribution in [0.3, 0.4) is 0 Å². The van der Waals surface area contributed by atoms with Gasteiger partial charge in [-0.3, -0.25) is 4.79 Å². The molecular formula is C23H28ClNO3. The van der Waals surface area contributed by atoms with Gasteiger partial charge in [0.1, 0.15) is 13.6 Å². The lowest BCUT2D eigenvalue weighted by Crippen LogP contribution is -2.13. The molecule has 1 atom stereocenters. The molecule has 2 aromatic rings. The van der Waals surface area contributed by atoms with Gasteiger partial charge in [-0.2, -0.15) is 0 Å². The van der Waals surface area contributed by atoms with Gasteiger partial charge in [0, 0.05) is 16.3 Å². The van der Waals surface area contributed by atoms with Crippen molar-refractivity contribution in [2.45, 2.75) is 20.8 Å². The molecule has 150 valence electrons. The van der Waals surface area contributed by atoms with Gasteiger partial charge < -0.3 is 14.9 Å². The van der Waals surface area contributed by atoms with Crippen molar-refractivity contribution in [1.29, 1.82) is 0 Å². The predicted molar refractivity (Wildman–Crippen MR) is 119 cm³/mol. The smallest absolute Gasteiger partial charge is 0.250 e. The van der Waals surface area contributed by atoms with Gasteiger partial charge in [0.25, 0.3) is 5.91 Å². The van der Waals surface area contributed by atoms with Crippen LogP contribution in [-0.4, -0.2) is 19.5 Å². The van der Waals surface area contributed by atoms with E-state index in [0.29, 0.717) is 5.57 Å². The molecule has 2 rings (SSSR count). The molecule has 5 heteroatoms. The Bertz CT molecular complexity index is 710. The van der Waals surface area contributed by atoms with Crippen LogP contribution < -0.4 is 5.32 Å². The standard InChI is InChI=1S/C14H17NO.C7H7Cl.2CH2O/c1-4-11(2)10-12(3)14(16)15-13-8-6-5-7-9-13;1-6-3-2-4-7(8)5-6;2*1-2/h4-11H,1H2,2-3H3,(H,15,16);2-5H,1H3;2*1H2/b12-10+;;;. The number of carbonyl (C=O) groups excluding carboxylic acids is 3. The van der Waals surface area contributed by atoms with E-state index in [1.807, 2.05) is 88.1 Å². The SMILES string of the molecule is C=CC(C)/C=C(\C)C(=O)Nc1ccccc1.C=O.C=O.Cc1cccc(Cl)c1. The number of carbonyl (C=O) groups is 3. The molecule has 0 aromatic heterocycles. The molecule has 1 N–H and O–H groups in total. The van der Waals surface area contributed by atoms with Crippen molar-refractivity contribution in [2.24, 2.45) is 5.92 Å². The van der Waals surface area contributed by atoms with E-state index in [2.05, 4.69) is 11.9 Å². The lowest BCUT2D eigenvalue weighted by atomic mass is 10.1. The second kappa shape index (κ2) is 17.4. The summed E-state index contributed by atoms with van der Waals surface area (Å²) in [5.74, 6) is 0.140. The first kappa shape index (κ1) is 27.2. The summed E-state index contributed by atoms with van der Waals surface area (Å²) in [6.45, 7) is 13.5. The second-order valence-corrected chi connectivity index (χ2v) is 6.00. The zero-order valence-corrected chi connectivity index (χ0v) is 17.4. The van der Waals surface area contributed by atoms with Crippen LogP contribution in [0.2, 0.25) is 5.02 Å². The quantitative estimate of drug-likeness (QED) is 0.530. The van der Waals surface area contributed by atoms with E-state index in [1.54, 1.807) is 13.0 Å². The van der Waals surface area contributed by atoms with Crippen molar-refractivity contribution in [3.8, 4) is 0 Å². The molecule has 0 aliphatic heterocycles. The highest BCUT2D eigenvalue weighted by Crippen LogP contribution is 2.10. The highest BCUT2D eigenvalue weighted by Gasteiger charge is 2.05. The Labute approximate surface area is 172 Å². The van der Waals surface area contributed by atoms with Crippen LogP contribution in [-0.2, 0) is 14.4 Å². The summed E-state index contributed by atoms with van der Waals surface area (Å²) >= 11 is 5.64. The third kappa shape index (κ3) is 13.3. The lowest BCUT2D eigenvalue weighted by Gasteiger charge is -2.06. The first-order chi connectivity index (χ1) is 13.4. The van der Waals surface area contributed by atoms with Crippen LogP contribution in [0.4, 0.5) is 5.69 Å². The average Bonchev–Trinajstić information content (AvgIpc) is 2.72. The number of hydrogen-bond acceptors (Lipinski definition) is 3. The summed E-state index contributed by atoms with van der Waals surface area (Å²) in [6, 6.07) is 17.2. The summed E-state index contributed by atoms with van der Waals surface area (Å²) in [4.78, 5) is 27.8.